The van der Waals surface area contributed by atoms with Gasteiger partial charge in [0.1, 0.15) is 11.6 Å². The summed E-state index contributed by atoms with van der Waals surface area (Å²) in [5, 5.41) is 16.5. The topological polar surface area (TPSA) is 106 Å². The van der Waals surface area contributed by atoms with E-state index in [1.807, 2.05) is 19.1 Å². The minimum atomic E-state index is -0.437. The first kappa shape index (κ1) is 14.8. The molecular formula is C16H16N4O3. The maximum Gasteiger partial charge on any atom is 0.244 e. The van der Waals surface area contributed by atoms with Gasteiger partial charge in [-0.3, -0.25) is 5.10 Å². The van der Waals surface area contributed by atoms with E-state index in [1.54, 1.807) is 20.3 Å². The van der Waals surface area contributed by atoms with Gasteiger partial charge in [0.15, 0.2) is 11.5 Å². The fourth-order valence-electron chi connectivity index (χ4n) is 2.85. The molecule has 23 heavy (non-hydrogen) atoms. The van der Waals surface area contributed by atoms with Crippen molar-refractivity contribution in [2.24, 2.45) is 5.73 Å². The number of aryl methyl sites for hydroxylation is 1. The highest BCUT2D eigenvalue weighted by Crippen LogP contribution is 2.47. The van der Waals surface area contributed by atoms with Crippen molar-refractivity contribution < 1.29 is 14.2 Å². The third-order valence-corrected chi connectivity index (χ3v) is 3.87. The highest BCUT2D eigenvalue weighted by Gasteiger charge is 2.36. The van der Waals surface area contributed by atoms with Crippen molar-refractivity contribution in [1.29, 1.82) is 5.26 Å². The first-order chi connectivity index (χ1) is 11.1. The molecule has 3 N–H and O–H groups in total. The summed E-state index contributed by atoms with van der Waals surface area (Å²) in [5.74, 6) is 1.10. The van der Waals surface area contributed by atoms with E-state index in [-0.39, 0.29) is 5.88 Å². The first-order valence-corrected chi connectivity index (χ1v) is 6.95. The molecule has 0 radical (unpaired) electrons. The molecule has 0 unspecified atom stereocenters. The van der Waals surface area contributed by atoms with Crippen molar-refractivity contribution >= 4 is 0 Å². The van der Waals surface area contributed by atoms with E-state index >= 15 is 0 Å². The van der Waals surface area contributed by atoms with Gasteiger partial charge >= 0.3 is 0 Å². The van der Waals surface area contributed by atoms with Gasteiger partial charge in [-0.15, -0.1) is 5.10 Å². The summed E-state index contributed by atoms with van der Waals surface area (Å²) < 4.78 is 16.3. The molecule has 0 spiro atoms. The molecule has 0 fully saturated rings. The van der Waals surface area contributed by atoms with Gasteiger partial charge in [0.2, 0.25) is 11.8 Å². The number of ether oxygens (including phenoxy) is 3. The molecule has 0 saturated heterocycles. The lowest BCUT2D eigenvalue weighted by Gasteiger charge is -2.25. The highest BCUT2D eigenvalue weighted by atomic mass is 16.5. The number of nitrogens with one attached hydrogen (secondary N) is 1. The summed E-state index contributed by atoms with van der Waals surface area (Å²) in [6.45, 7) is 1.87. The summed E-state index contributed by atoms with van der Waals surface area (Å²) in [4.78, 5) is 0. The van der Waals surface area contributed by atoms with E-state index in [2.05, 4.69) is 16.3 Å². The minimum Gasteiger partial charge on any atom is -0.493 e. The van der Waals surface area contributed by atoms with Crippen LogP contribution in [0.5, 0.6) is 17.4 Å². The third-order valence-electron chi connectivity index (χ3n) is 3.87. The summed E-state index contributed by atoms with van der Waals surface area (Å²) >= 11 is 0. The van der Waals surface area contributed by atoms with Crippen molar-refractivity contribution in [1.82, 2.24) is 10.2 Å². The van der Waals surface area contributed by atoms with Gasteiger partial charge in [-0.25, -0.2) is 0 Å². The summed E-state index contributed by atoms with van der Waals surface area (Å²) in [5.41, 5.74) is 8.56. The second-order valence-electron chi connectivity index (χ2n) is 5.07. The molecule has 0 saturated carbocycles. The van der Waals surface area contributed by atoms with Crippen molar-refractivity contribution in [3.05, 3.63) is 46.5 Å². The molecule has 1 aromatic carbocycles. The molecule has 3 rings (SSSR count). The van der Waals surface area contributed by atoms with Crippen LogP contribution in [0.15, 0.2) is 29.7 Å². The fourth-order valence-corrected chi connectivity index (χ4v) is 2.85. The quantitative estimate of drug-likeness (QED) is 0.897. The lowest BCUT2D eigenvalue weighted by Crippen LogP contribution is -2.21. The SMILES string of the molecule is COc1cccc([C@@H]2C(C#N)=C(N)Oc3n[nH]c(C)c32)c1OC. The van der Waals surface area contributed by atoms with Crippen LogP contribution in [0.4, 0.5) is 0 Å². The van der Waals surface area contributed by atoms with E-state index < -0.39 is 5.92 Å². The van der Waals surface area contributed by atoms with Gasteiger partial charge in [-0.1, -0.05) is 12.1 Å². The number of allylic oxidation sites excluding steroid dienone is 1. The molecule has 1 aliphatic rings. The van der Waals surface area contributed by atoms with Gasteiger partial charge in [0, 0.05) is 16.8 Å². The highest BCUT2D eigenvalue weighted by molar-refractivity contribution is 5.60. The largest absolute Gasteiger partial charge is 0.493 e. The molecule has 1 aliphatic heterocycles. The van der Waals surface area contributed by atoms with Gasteiger partial charge in [-0.2, -0.15) is 5.26 Å². The molecule has 2 aromatic rings. The van der Waals surface area contributed by atoms with Gasteiger partial charge in [-0.05, 0) is 13.0 Å². The fraction of sp³-hybridized carbons (Fsp3) is 0.250. The van der Waals surface area contributed by atoms with Gasteiger partial charge < -0.3 is 19.9 Å². The smallest absolute Gasteiger partial charge is 0.244 e. The predicted molar refractivity (Wildman–Crippen MR) is 82.2 cm³/mol. The number of fused-ring (bicyclic) bond motifs is 1. The molecule has 1 atom stereocenters. The Morgan fingerprint density at radius 3 is 2.78 bits per heavy atom. The molecular weight excluding hydrogens is 296 g/mol. The standard InChI is InChI=1S/C16H16N4O3/c1-8-12-13(9-5-4-6-11(21-2)14(9)22-3)10(7-17)15(18)23-16(12)20-19-8/h4-6,13H,18H2,1-3H3,(H,19,20)/t13-/m1/s1. The number of benzene rings is 1. The number of H-pyrrole nitrogens is 1. The lowest BCUT2D eigenvalue weighted by molar-refractivity contribution is 0.348. The molecule has 7 heteroatoms. The van der Waals surface area contributed by atoms with Crippen molar-refractivity contribution in [2.45, 2.75) is 12.8 Å². The van der Waals surface area contributed by atoms with Crippen molar-refractivity contribution in [3.63, 3.8) is 0 Å². The molecule has 118 valence electrons. The maximum atomic E-state index is 9.57. The number of aromatic amines is 1. The van der Waals surface area contributed by atoms with E-state index in [0.717, 1.165) is 16.8 Å². The number of para-hydroxylation sites is 1. The van der Waals surface area contributed by atoms with Gasteiger partial charge in [0.25, 0.3) is 0 Å². The average molecular weight is 312 g/mol. The number of nitriles is 1. The monoisotopic (exact) mass is 312 g/mol. The van der Waals surface area contributed by atoms with Crippen LogP contribution in [-0.4, -0.2) is 24.4 Å². The second-order valence-corrected chi connectivity index (χ2v) is 5.07. The number of aromatic nitrogens is 2. The Bertz CT molecular complexity index is 832. The van der Waals surface area contributed by atoms with E-state index in [4.69, 9.17) is 19.9 Å². The number of nitrogens with zero attached hydrogens (tertiary/aromatic N) is 2. The summed E-state index contributed by atoms with van der Waals surface area (Å²) in [6, 6.07) is 7.65. The zero-order valence-electron chi connectivity index (χ0n) is 13.0. The van der Waals surface area contributed by atoms with Crippen LogP contribution in [0, 0.1) is 18.3 Å². The van der Waals surface area contributed by atoms with Crippen LogP contribution >= 0.6 is 0 Å². The molecule has 1 aromatic heterocycles. The van der Waals surface area contributed by atoms with E-state index in [0.29, 0.717) is 23.0 Å². The molecule has 0 amide bonds. The Morgan fingerprint density at radius 2 is 2.13 bits per heavy atom. The normalized spacial score (nSPS) is 16.3. The number of hydrogen-bond donors (Lipinski definition) is 2. The number of nitrogens with two attached hydrogens (primary N) is 1. The van der Waals surface area contributed by atoms with Crippen molar-refractivity contribution in [3.8, 4) is 23.4 Å². The van der Waals surface area contributed by atoms with Crippen LogP contribution in [-0.2, 0) is 0 Å². The minimum absolute atomic E-state index is 0.0429. The Hall–Kier alpha value is -3.14. The summed E-state index contributed by atoms with van der Waals surface area (Å²) in [7, 11) is 3.12. The zero-order valence-corrected chi connectivity index (χ0v) is 13.0. The zero-order chi connectivity index (χ0) is 16.6. The van der Waals surface area contributed by atoms with E-state index in [1.165, 1.54) is 0 Å². The third kappa shape index (κ3) is 2.16. The number of methoxy groups -OCH3 is 2. The molecule has 7 nitrogen and oxygen atoms in total. The van der Waals surface area contributed by atoms with Crippen LogP contribution in [0.1, 0.15) is 22.7 Å². The molecule has 0 aliphatic carbocycles. The number of rotatable bonds is 3. The Kier molecular flexibility index (Phi) is 3.58. The van der Waals surface area contributed by atoms with E-state index in [9.17, 15) is 5.26 Å². The Labute approximate surface area is 133 Å². The maximum absolute atomic E-state index is 9.57. The lowest BCUT2D eigenvalue weighted by atomic mass is 9.83. The van der Waals surface area contributed by atoms with Crippen LogP contribution in [0.2, 0.25) is 0 Å². The predicted octanol–water partition coefficient (Wildman–Crippen LogP) is 1.95. The van der Waals surface area contributed by atoms with Crippen molar-refractivity contribution in [2.75, 3.05) is 14.2 Å². The Balaban J connectivity index is 2.30. The van der Waals surface area contributed by atoms with Crippen LogP contribution < -0.4 is 19.9 Å². The summed E-state index contributed by atoms with van der Waals surface area (Å²) in [6.07, 6.45) is 0. The van der Waals surface area contributed by atoms with Gasteiger partial charge in [0.05, 0.1) is 20.1 Å². The second kappa shape index (κ2) is 5.57. The van der Waals surface area contributed by atoms with Crippen LogP contribution in [0.25, 0.3) is 0 Å². The molecule has 2 heterocycles. The average Bonchev–Trinajstić information content (AvgIpc) is 2.93. The Morgan fingerprint density at radius 1 is 1.35 bits per heavy atom. The number of hydrogen-bond acceptors (Lipinski definition) is 6. The molecule has 0 bridgehead atoms. The first-order valence-electron chi connectivity index (χ1n) is 6.95. The van der Waals surface area contributed by atoms with Crippen LogP contribution in [0.3, 0.4) is 0 Å².